The van der Waals surface area contributed by atoms with Crippen LogP contribution < -0.4 is 10.5 Å². The van der Waals surface area contributed by atoms with Crippen molar-refractivity contribution in [3.63, 3.8) is 0 Å². The van der Waals surface area contributed by atoms with Crippen molar-refractivity contribution in [1.29, 1.82) is 5.41 Å². The highest BCUT2D eigenvalue weighted by molar-refractivity contribution is 5.94. The summed E-state index contributed by atoms with van der Waals surface area (Å²) < 4.78 is 5.80. The molecule has 0 saturated carbocycles. The fourth-order valence-electron chi connectivity index (χ4n) is 6.30. The van der Waals surface area contributed by atoms with E-state index >= 15 is 0 Å². The van der Waals surface area contributed by atoms with Crippen molar-refractivity contribution in [1.82, 2.24) is 0 Å². The summed E-state index contributed by atoms with van der Waals surface area (Å²) in [4.78, 5) is 0. The summed E-state index contributed by atoms with van der Waals surface area (Å²) in [6.45, 7) is 5.32. The molecule has 1 aliphatic carbocycles. The van der Waals surface area contributed by atoms with Crippen molar-refractivity contribution < 1.29 is 4.74 Å². The summed E-state index contributed by atoms with van der Waals surface area (Å²) in [7, 11) is 0. The van der Waals surface area contributed by atoms with Gasteiger partial charge in [0.15, 0.2) is 0 Å². The summed E-state index contributed by atoms with van der Waals surface area (Å²) in [5, 5.41) is 10.0. The summed E-state index contributed by atoms with van der Waals surface area (Å²) in [5.74, 6) is 0.900. The predicted molar refractivity (Wildman–Crippen MR) is 213 cm³/mol. The van der Waals surface area contributed by atoms with Crippen molar-refractivity contribution in [3.8, 4) is 28.0 Å². The van der Waals surface area contributed by atoms with E-state index in [0.29, 0.717) is 13.2 Å². The molecule has 0 unspecified atom stereocenters. The molecule has 3 heteroatoms. The minimum atomic E-state index is 0.540. The van der Waals surface area contributed by atoms with E-state index in [1.807, 2.05) is 49.4 Å². The number of fused-ring (bicyclic) bond motifs is 2. The molecule has 6 aromatic rings. The number of ether oxygens (including phenoxy) is 1. The zero-order valence-corrected chi connectivity index (χ0v) is 28.9. The Morgan fingerprint density at radius 1 is 0.680 bits per heavy atom. The van der Waals surface area contributed by atoms with Crippen LogP contribution in [0.4, 0.5) is 0 Å². The van der Waals surface area contributed by atoms with E-state index in [4.69, 9.17) is 15.9 Å². The quantitative estimate of drug-likeness (QED) is 0.182. The Morgan fingerprint density at radius 2 is 1.26 bits per heavy atom. The van der Waals surface area contributed by atoms with E-state index in [1.165, 1.54) is 68.8 Å². The molecule has 0 amide bonds. The van der Waals surface area contributed by atoms with Crippen molar-refractivity contribution in [3.05, 3.63) is 186 Å². The molecule has 0 fully saturated rings. The first kappa shape index (κ1) is 34.1. The lowest BCUT2D eigenvalue weighted by Crippen LogP contribution is -1.94. The standard InChI is InChI=1S/C27H21NO.C13H14.C7H9N/c1-18(16-28)26-17-29-27-12-11-23(15-25(26)27)22-10-8-20-7-9-21(13-24(20)14-22)19-5-3-2-4-6-19;1-11-6-5-9-13(10-11)12-7-3-2-4-8-12;8-6-7-4-2-1-3-5-7/h2-16,28H,17H2,1H3;2-4,6-8,10H,5,9H2,1H3;1-5H,6,8H2/b26-18-,28-16?;;. The fraction of sp³-hybridized carbons (Fsp3) is 0.128. The molecule has 2 aliphatic rings. The first-order valence-corrected chi connectivity index (χ1v) is 17.3. The monoisotopic (exact) mass is 652 g/mol. The van der Waals surface area contributed by atoms with Crippen LogP contribution in [-0.4, -0.2) is 12.8 Å². The molecule has 1 heterocycles. The van der Waals surface area contributed by atoms with E-state index in [1.54, 1.807) is 0 Å². The molecular formula is C47H44N2O. The molecule has 0 spiro atoms. The molecule has 0 aromatic heterocycles. The maximum Gasteiger partial charge on any atom is 0.127 e. The second-order valence-electron chi connectivity index (χ2n) is 12.7. The predicted octanol–water partition coefficient (Wildman–Crippen LogP) is 11.9. The second-order valence-corrected chi connectivity index (χ2v) is 12.7. The van der Waals surface area contributed by atoms with Gasteiger partial charge in [-0.15, -0.1) is 0 Å². The van der Waals surface area contributed by atoms with Crippen molar-refractivity contribution >= 4 is 28.1 Å². The van der Waals surface area contributed by atoms with Crippen LogP contribution in [0, 0.1) is 5.41 Å². The van der Waals surface area contributed by atoms with Gasteiger partial charge in [0, 0.05) is 23.9 Å². The van der Waals surface area contributed by atoms with Crippen molar-refractivity contribution in [2.45, 2.75) is 33.2 Å². The highest BCUT2D eigenvalue weighted by Gasteiger charge is 2.20. The molecule has 1 aliphatic heterocycles. The Balaban J connectivity index is 0.000000168. The molecule has 0 bridgehead atoms. The van der Waals surface area contributed by atoms with Crippen molar-refractivity contribution in [2.24, 2.45) is 5.73 Å². The Morgan fingerprint density at radius 3 is 1.86 bits per heavy atom. The third kappa shape index (κ3) is 8.44. The first-order chi connectivity index (χ1) is 24.5. The average molecular weight is 653 g/mol. The van der Waals surface area contributed by atoms with Crippen LogP contribution in [0.3, 0.4) is 0 Å². The SMILES string of the molecule is C/C(C=N)=C1\COc2ccc(-c3ccc4ccc(-c5ccccc5)cc4c3)cc21.CC1=CCCC(c2ccccc2)=C1.NCc1ccccc1. The molecule has 3 N–H and O–H groups in total. The van der Waals surface area contributed by atoms with Gasteiger partial charge in [-0.3, -0.25) is 0 Å². The summed E-state index contributed by atoms with van der Waals surface area (Å²) >= 11 is 0. The smallest absolute Gasteiger partial charge is 0.127 e. The highest BCUT2D eigenvalue weighted by Crippen LogP contribution is 2.38. The molecule has 0 atom stereocenters. The highest BCUT2D eigenvalue weighted by atomic mass is 16.5. The summed E-state index contributed by atoms with van der Waals surface area (Å²) in [5.41, 5.74) is 18.7. The van der Waals surface area contributed by atoms with Crippen LogP contribution >= 0.6 is 0 Å². The maximum absolute atomic E-state index is 7.58. The first-order valence-electron chi connectivity index (χ1n) is 17.3. The lowest BCUT2D eigenvalue weighted by atomic mass is 9.94. The molecular weight excluding hydrogens is 609 g/mol. The lowest BCUT2D eigenvalue weighted by Gasteiger charge is -2.11. The van der Waals surface area contributed by atoms with Crippen LogP contribution in [0.25, 0.3) is 44.2 Å². The Labute approximate surface area is 296 Å². The van der Waals surface area contributed by atoms with Gasteiger partial charge in [-0.1, -0.05) is 139 Å². The Hall–Kier alpha value is -5.77. The summed E-state index contributed by atoms with van der Waals surface area (Å²) in [6, 6.07) is 50.7. The van der Waals surface area contributed by atoms with Gasteiger partial charge in [0.25, 0.3) is 0 Å². The molecule has 3 nitrogen and oxygen atoms in total. The van der Waals surface area contributed by atoms with Crippen LogP contribution in [0.15, 0.2) is 169 Å². The minimum Gasteiger partial charge on any atom is -0.488 e. The summed E-state index contributed by atoms with van der Waals surface area (Å²) in [6.07, 6.45) is 8.36. The zero-order valence-electron chi connectivity index (χ0n) is 28.9. The third-order valence-electron chi connectivity index (χ3n) is 9.15. The maximum atomic E-state index is 7.58. The molecule has 0 saturated heterocycles. The van der Waals surface area contributed by atoms with E-state index in [2.05, 4.69) is 122 Å². The van der Waals surface area contributed by atoms with E-state index in [0.717, 1.165) is 28.0 Å². The van der Waals surface area contributed by atoms with Gasteiger partial charge in [-0.25, -0.2) is 0 Å². The lowest BCUT2D eigenvalue weighted by molar-refractivity contribution is 0.388. The zero-order chi connectivity index (χ0) is 34.7. The van der Waals surface area contributed by atoms with Gasteiger partial charge in [-0.05, 0) is 106 Å². The molecule has 0 radical (unpaired) electrons. The largest absolute Gasteiger partial charge is 0.488 e. The van der Waals surface area contributed by atoms with Gasteiger partial charge < -0.3 is 15.9 Å². The Bertz CT molecular complexity index is 2160. The van der Waals surface area contributed by atoms with E-state index < -0.39 is 0 Å². The number of rotatable bonds is 5. The molecule has 248 valence electrons. The van der Waals surface area contributed by atoms with E-state index in [-0.39, 0.29) is 0 Å². The molecule has 50 heavy (non-hydrogen) atoms. The number of hydrogen-bond donors (Lipinski definition) is 2. The van der Waals surface area contributed by atoms with Gasteiger partial charge in [0.1, 0.15) is 12.4 Å². The number of nitrogens with one attached hydrogen (secondary N) is 1. The number of benzene rings is 6. The minimum absolute atomic E-state index is 0.540. The average Bonchev–Trinajstić information content (AvgIpc) is 3.62. The van der Waals surface area contributed by atoms with Gasteiger partial charge in [-0.2, -0.15) is 0 Å². The van der Waals surface area contributed by atoms with Gasteiger partial charge in [0.05, 0.1) is 0 Å². The van der Waals surface area contributed by atoms with Gasteiger partial charge >= 0.3 is 0 Å². The van der Waals surface area contributed by atoms with Crippen molar-refractivity contribution in [2.75, 3.05) is 6.61 Å². The van der Waals surface area contributed by atoms with Crippen LogP contribution in [0.2, 0.25) is 0 Å². The molecule has 8 rings (SSSR count). The number of hydrogen-bond acceptors (Lipinski definition) is 3. The van der Waals surface area contributed by atoms with Crippen LogP contribution in [0.5, 0.6) is 5.75 Å². The normalized spacial score (nSPS) is 14.1. The molecule has 6 aromatic carbocycles. The van der Waals surface area contributed by atoms with Crippen LogP contribution in [-0.2, 0) is 6.54 Å². The van der Waals surface area contributed by atoms with Crippen LogP contribution in [0.1, 0.15) is 43.4 Å². The number of nitrogens with two attached hydrogens (primary N) is 1. The second kappa shape index (κ2) is 16.6. The third-order valence-corrected chi connectivity index (χ3v) is 9.15. The van der Waals surface area contributed by atoms with Gasteiger partial charge in [0.2, 0.25) is 0 Å². The fourth-order valence-corrected chi connectivity index (χ4v) is 6.30. The topological polar surface area (TPSA) is 59.1 Å². The van der Waals surface area contributed by atoms with E-state index in [9.17, 15) is 0 Å². The number of allylic oxidation sites excluding steroid dienone is 5. The Kier molecular flexibility index (Phi) is 11.3.